The smallest absolute Gasteiger partial charge is 0.116 e. The van der Waals surface area contributed by atoms with Gasteiger partial charge in [0.25, 0.3) is 0 Å². The van der Waals surface area contributed by atoms with E-state index in [9.17, 15) is 0 Å². The Hall–Kier alpha value is -1.18. The van der Waals surface area contributed by atoms with Gasteiger partial charge in [0.1, 0.15) is 6.33 Å². The van der Waals surface area contributed by atoms with Crippen molar-refractivity contribution in [2.45, 2.75) is 33.1 Å². The zero-order chi connectivity index (χ0) is 10.0. The van der Waals surface area contributed by atoms with Crippen LogP contribution in [0.15, 0.2) is 24.7 Å². The van der Waals surface area contributed by atoms with Gasteiger partial charge in [-0.15, -0.1) is 0 Å². The Labute approximate surface area is 85.1 Å². The van der Waals surface area contributed by atoms with E-state index in [0.717, 1.165) is 18.5 Å². The lowest BCUT2D eigenvalue weighted by Crippen LogP contribution is -2.14. The van der Waals surface area contributed by atoms with Crippen LogP contribution < -0.4 is 0 Å². The van der Waals surface area contributed by atoms with E-state index < -0.39 is 0 Å². The van der Waals surface area contributed by atoms with Crippen LogP contribution in [0.25, 0.3) is 5.57 Å². The van der Waals surface area contributed by atoms with Crippen molar-refractivity contribution in [2.75, 3.05) is 0 Å². The number of hydrogen-bond donors (Lipinski definition) is 0. The molecule has 1 aliphatic rings. The summed E-state index contributed by atoms with van der Waals surface area (Å²) in [5.41, 5.74) is 2.94. The van der Waals surface area contributed by atoms with Gasteiger partial charge in [0.05, 0.1) is 5.69 Å². The Morgan fingerprint density at radius 1 is 1.36 bits per heavy atom. The topological polar surface area (TPSA) is 25.8 Å². The Bertz CT molecular complexity index is 339. The SMILES string of the molecule is CC1(C)CC=C(c2ccncn2)CC1. The average molecular weight is 188 g/mol. The van der Waals surface area contributed by atoms with Crippen molar-refractivity contribution < 1.29 is 0 Å². The summed E-state index contributed by atoms with van der Waals surface area (Å²) < 4.78 is 0. The zero-order valence-electron chi connectivity index (χ0n) is 8.83. The Morgan fingerprint density at radius 2 is 2.21 bits per heavy atom. The van der Waals surface area contributed by atoms with E-state index in [2.05, 4.69) is 29.9 Å². The van der Waals surface area contributed by atoms with Crippen LogP contribution in [0.4, 0.5) is 0 Å². The number of nitrogens with zero attached hydrogens (tertiary/aromatic N) is 2. The molecule has 0 amide bonds. The summed E-state index contributed by atoms with van der Waals surface area (Å²) in [6, 6.07) is 1.99. The molecular formula is C12H16N2. The van der Waals surface area contributed by atoms with Crippen molar-refractivity contribution in [1.82, 2.24) is 9.97 Å². The summed E-state index contributed by atoms with van der Waals surface area (Å²) in [6.45, 7) is 4.64. The summed E-state index contributed by atoms with van der Waals surface area (Å²) in [6.07, 6.45) is 9.31. The van der Waals surface area contributed by atoms with Crippen LogP contribution in [-0.4, -0.2) is 9.97 Å². The monoisotopic (exact) mass is 188 g/mol. The number of aromatic nitrogens is 2. The maximum Gasteiger partial charge on any atom is 0.116 e. The summed E-state index contributed by atoms with van der Waals surface area (Å²) >= 11 is 0. The van der Waals surface area contributed by atoms with Gasteiger partial charge in [0.15, 0.2) is 0 Å². The first-order valence-corrected chi connectivity index (χ1v) is 5.13. The minimum Gasteiger partial charge on any atom is -0.245 e. The van der Waals surface area contributed by atoms with Crippen LogP contribution in [0.5, 0.6) is 0 Å². The quantitative estimate of drug-likeness (QED) is 0.677. The highest BCUT2D eigenvalue weighted by molar-refractivity contribution is 5.62. The van der Waals surface area contributed by atoms with E-state index in [0.29, 0.717) is 5.41 Å². The van der Waals surface area contributed by atoms with Crippen molar-refractivity contribution in [3.8, 4) is 0 Å². The van der Waals surface area contributed by atoms with Gasteiger partial charge in [-0.1, -0.05) is 19.9 Å². The van der Waals surface area contributed by atoms with Gasteiger partial charge >= 0.3 is 0 Å². The van der Waals surface area contributed by atoms with Crippen LogP contribution in [-0.2, 0) is 0 Å². The second kappa shape index (κ2) is 3.52. The molecule has 2 rings (SSSR count). The van der Waals surface area contributed by atoms with Gasteiger partial charge in [-0.3, -0.25) is 0 Å². The van der Waals surface area contributed by atoms with Gasteiger partial charge in [-0.25, -0.2) is 9.97 Å². The Morgan fingerprint density at radius 3 is 2.79 bits per heavy atom. The van der Waals surface area contributed by atoms with E-state index in [4.69, 9.17) is 0 Å². The fourth-order valence-electron chi connectivity index (χ4n) is 1.79. The first kappa shape index (κ1) is 9.38. The molecule has 0 aliphatic heterocycles. The van der Waals surface area contributed by atoms with Crippen molar-refractivity contribution in [1.29, 1.82) is 0 Å². The standard InChI is InChI=1S/C12H16N2/c1-12(2)6-3-10(4-7-12)11-5-8-13-9-14-11/h3,5,8-9H,4,6-7H2,1-2H3. The molecule has 0 spiro atoms. The second-order valence-corrected chi connectivity index (χ2v) is 4.69. The van der Waals surface area contributed by atoms with Gasteiger partial charge in [-0.05, 0) is 36.3 Å². The van der Waals surface area contributed by atoms with E-state index in [1.54, 1.807) is 6.33 Å². The van der Waals surface area contributed by atoms with E-state index in [1.807, 2.05) is 12.3 Å². The average Bonchev–Trinajstić information content (AvgIpc) is 2.19. The molecule has 1 aliphatic carbocycles. The fourth-order valence-corrected chi connectivity index (χ4v) is 1.79. The number of rotatable bonds is 1. The molecule has 0 aromatic carbocycles. The van der Waals surface area contributed by atoms with E-state index in [1.165, 1.54) is 12.0 Å². The van der Waals surface area contributed by atoms with Crippen molar-refractivity contribution >= 4 is 5.57 Å². The molecule has 0 saturated heterocycles. The highest BCUT2D eigenvalue weighted by Gasteiger charge is 2.21. The van der Waals surface area contributed by atoms with Crippen LogP contribution in [0.3, 0.4) is 0 Å². The summed E-state index contributed by atoms with van der Waals surface area (Å²) in [5, 5.41) is 0. The molecule has 14 heavy (non-hydrogen) atoms. The van der Waals surface area contributed by atoms with Crippen LogP contribution in [0.1, 0.15) is 38.8 Å². The molecule has 1 heterocycles. The molecule has 0 N–H and O–H groups in total. The van der Waals surface area contributed by atoms with Crippen LogP contribution in [0.2, 0.25) is 0 Å². The van der Waals surface area contributed by atoms with Crippen LogP contribution >= 0.6 is 0 Å². The molecule has 2 heteroatoms. The Kier molecular flexibility index (Phi) is 2.36. The van der Waals surface area contributed by atoms with Gasteiger partial charge in [-0.2, -0.15) is 0 Å². The molecular weight excluding hydrogens is 172 g/mol. The molecule has 0 bridgehead atoms. The Balaban J connectivity index is 2.19. The third-order valence-electron chi connectivity index (χ3n) is 2.88. The molecule has 0 radical (unpaired) electrons. The number of allylic oxidation sites excluding steroid dienone is 2. The maximum atomic E-state index is 4.27. The lowest BCUT2D eigenvalue weighted by Gasteiger charge is -2.28. The van der Waals surface area contributed by atoms with E-state index >= 15 is 0 Å². The van der Waals surface area contributed by atoms with Crippen molar-refractivity contribution in [3.63, 3.8) is 0 Å². The van der Waals surface area contributed by atoms with Crippen molar-refractivity contribution in [3.05, 3.63) is 30.4 Å². The fraction of sp³-hybridized carbons (Fsp3) is 0.500. The first-order chi connectivity index (χ1) is 6.67. The van der Waals surface area contributed by atoms with Crippen molar-refractivity contribution in [2.24, 2.45) is 5.41 Å². The predicted molar refractivity (Wildman–Crippen MR) is 57.6 cm³/mol. The van der Waals surface area contributed by atoms with Gasteiger partial charge in [0.2, 0.25) is 0 Å². The summed E-state index contributed by atoms with van der Waals surface area (Å²) in [7, 11) is 0. The molecule has 0 fully saturated rings. The molecule has 1 aromatic rings. The minimum atomic E-state index is 0.469. The lowest BCUT2D eigenvalue weighted by atomic mass is 9.78. The first-order valence-electron chi connectivity index (χ1n) is 5.13. The van der Waals surface area contributed by atoms with Gasteiger partial charge in [0, 0.05) is 6.20 Å². The summed E-state index contributed by atoms with van der Waals surface area (Å²) in [4.78, 5) is 8.20. The largest absolute Gasteiger partial charge is 0.245 e. The minimum absolute atomic E-state index is 0.469. The molecule has 2 nitrogen and oxygen atoms in total. The van der Waals surface area contributed by atoms with E-state index in [-0.39, 0.29) is 0 Å². The van der Waals surface area contributed by atoms with Gasteiger partial charge < -0.3 is 0 Å². The highest BCUT2D eigenvalue weighted by Crippen LogP contribution is 2.37. The zero-order valence-corrected chi connectivity index (χ0v) is 8.83. The molecule has 74 valence electrons. The maximum absolute atomic E-state index is 4.27. The highest BCUT2D eigenvalue weighted by atomic mass is 14.8. The third kappa shape index (κ3) is 2.00. The van der Waals surface area contributed by atoms with Crippen LogP contribution in [0, 0.1) is 5.41 Å². The molecule has 0 unspecified atom stereocenters. The molecule has 0 saturated carbocycles. The third-order valence-corrected chi connectivity index (χ3v) is 2.88. The number of hydrogen-bond acceptors (Lipinski definition) is 2. The molecule has 0 atom stereocenters. The lowest BCUT2D eigenvalue weighted by molar-refractivity contribution is 0.334. The second-order valence-electron chi connectivity index (χ2n) is 4.69. The predicted octanol–water partition coefficient (Wildman–Crippen LogP) is 3.07. The molecule has 1 aromatic heterocycles. The normalized spacial score (nSPS) is 20.3. The summed E-state index contributed by atoms with van der Waals surface area (Å²) in [5.74, 6) is 0.